The number of carbonyl (C=O) groups is 2. The number of benzene rings is 2. The lowest BCUT2D eigenvalue weighted by atomic mass is 9.86. The van der Waals surface area contributed by atoms with Crippen molar-refractivity contribution in [2.45, 2.75) is 70.3 Å². The van der Waals surface area contributed by atoms with Crippen LogP contribution in [-0.4, -0.2) is 57.2 Å². The number of aromatic nitrogens is 3. The topological polar surface area (TPSA) is 150 Å². The number of fused-ring (bicyclic) bond motifs is 1. The van der Waals surface area contributed by atoms with Gasteiger partial charge in [0.25, 0.3) is 0 Å². The summed E-state index contributed by atoms with van der Waals surface area (Å²) in [6.07, 6.45) is 5.86. The maximum Gasteiger partial charge on any atom is 0.388 e. The Kier molecular flexibility index (Phi) is 11.8. The highest BCUT2D eigenvalue weighted by molar-refractivity contribution is 7.18. The molecule has 5 N–H and O–H groups in total. The first-order valence-corrected chi connectivity index (χ1v) is 19.2. The summed E-state index contributed by atoms with van der Waals surface area (Å²) in [6.45, 7) is -1.82. The molecule has 1 saturated carbocycles. The molecule has 16 heteroatoms. The number of carboxylic acids is 1. The number of hydrogen-bond acceptors (Lipinski definition) is 10. The van der Waals surface area contributed by atoms with Crippen LogP contribution in [-0.2, 0) is 22.7 Å². The molecule has 0 radical (unpaired) electrons. The second-order valence-corrected chi connectivity index (χ2v) is 15.2. The molecule has 3 aromatic heterocycles. The van der Waals surface area contributed by atoms with Gasteiger partial charge in [-0.2, -0.15) is 8.78 Å². The lowest BCUT2D eigenvalue weighted by molar-refractivity contribution is -0.142. The summed E-state index contributed by atoms with van der Waals surface area (Å²) >= 11 is 15.6. The van der Waals surface area contributed by atoms with Gasteiger partial charge < -0.3 is 31.1 Å². The highest BCUT2D eigenvalue weighted by Gasteiger charge is 2.26. The number of aliphatic carboxylic acids is 1. The van der Waals surface area contributed by atoms with E-state index in [9.17, 15) is 23.5 Å². The molecule has 0 bridgehead atoms. The van der Waals surface area contributed by atoms with E-state index in [1.165, 1.54) is 0 Å². The first kappa shape index (κ1) is 37.8. The Hall–Kier alpha value is -4.47. The Balaban J connectivity index is 1.08. The van der Waals surface area contributed by atoms with Gasteiger partial charge in [0.05, 0.1) is 32.0 Å². The number of hydrogen-bond donors (Lipinski definition) is 5. The standard InChI is InChI=1S/C38H37Cl2F2N7O4S/c39-32-24(3-1-5-26(32)27-13-9-21(36(48-27)53-38(41)42)17-43-18-23-12-14-30(50)46-23)25-4-2-6-28(33(25)40)47-35-34-29(15-16-44-35)54-31(49-34)19-45-22-10-7-20(8-11-22)37(51)52/h1-6,9,13,15-16,20,22-23,38,43,45H,7-8,10-12,14,17-19H2,(H,44,47)(H,46,50)(H,51,52)/t20?,22?,23-/m0/s1. The van der Waals surface area contributed by atoms with E-state index < -0.39 is 12.6 Å². The molecule has 1 amide bonds. The smallest absolute Gasteiger partial charge is 0.388 e. The van der Waals surface area contributed by atoms with Crippen molar-refractivity contribution in [2.75, 3.05) is 11.9 Å². The molecule has 5 aromatic rings. The third-order valence-electron chi connectivity index (χ3n) is 9.72. The van der Waals surface area contributed by atoms with Crippen molar-refractivity contribution in [1.82, 2.24) is 30.9 Å². The molecule has 0 spiro atoms. The molecule has 0 unspecified atom stereocenters. The zero-order valence-electron chi connectivity index (χ0n) is 28.9. The molecule has 2 fully saturated rings. The molecule has 2 aliphatic rings. The molecule has 282 valence electrons. The minimum Gasteiger partial charge on any atom is -0.481 e. The number of alkyl halides is 2. The van der Waals surface area contributed by atoms with Gasteiger partial charge in [-0.1, -0.05) is 59.6 Å². The number of carboxylic acid groups (broad SMARTS) is 1. The lowest BCUT2D eigenvalue weighted by Gasteiger charge is -2.26. The van der Waals surface area contributed by atoms with Crippen molar-refractivity contribution in [3.63, 3.8) is 0 Å². The zero-order chi connectivity index (χ0) is 37.8. The van der Waals surface area contributed by atoms with Crippen LogP contribution in [0.5, 0.6) is 5.88 Å². The van der Waals surface area contributed by atoms with Gasteiger partial charge in [0, 0.05) is 66.6 Å². The molecule has 2 aromatic carbocycles. The van der Waals surface area contributed by atoms with Crippen LogP contribution >= 0.6 is 34.5 Å². The number of halogens is 4. The summed E-state index contributed by atoms with van der Waals surface area (Å²) in [5.74, 6) is -0.666. The van der Waals surface area contributed by atoms with Crippen molar-refractivity contribution in [3.05, 3.63) is 81.4 Å². The van der Waals surface area contributed by atoms with Crippen LogP contribution in [0.1, 0.15) is 49.1 Å². The largest absolute Gasteiger partial charge is 0.481 e. The van der Waals surface area contributed by atoms with Crippen molar-refractivity contribution >= 4 is 68.1 Å². The van der Waals surface area contributed by atoms with E-state index in [0.717, 1.165) is 22.5 Å². The highest BCUT2D eigenvalue weighted by Crippen LogP contribution is 2.42. The van der Waals surface area contributed by atoms with Gasteiger partial charge in [-0.05, 0) is 50.3 Å². The van der Waals surface area contributed by atoms with E-state index in [0.29, 0.717) is 93.8 Å². The fraction of sp³-hybridized carbons (Fsp3) is 0.342. The monoisotopic (exact) mass is 795 g/mol. The third kappa shape index (κ3) is 8.74. The fourth-order valence-corrected chi connectivity index (χ4v) is 8.41. The van der Waals surface area contributed by atoms with Crippen LogP contribution in [0.25, 0.3) is 32.6 Å². The van der Waals surface area contributed by atoms with Gasteiger partial charge in [-0.25, -0.2) is 15.0 Å². The van der Waals surface area contributed by atoms with Crippen molar-refractivity contribution in [2.24, 2.45) is 5.92 Å². The van der Waals surface area contributed by atoms with Crippen molar-refractivity contribution in [1.29, 1.82) is 0 Å². The Morgan fingerprint density at radius 1 is 0.963 bits per heavy atom. The van der Waals surface area contributed by atoms with E-state index in [4.69, 9.17) is 32.9 Å². The number of rotatable bonds is 14. The van der Waals surface area contributed by atoms with Crippen LogP contribution in [0.15, 0.2) is 60.8 Å². The molecule has 4 heterocycles. The molecule has 1 saturated heterocycles. The maximum absolute atomic E-state index is 13.5. The highest BCUT2D eigenvalue weighted by atomic mass is 35.5. The molecule has 1 aliphatic carbocycles. The first-order valence-electron chi connectivity index (χ1n) is 17.6. The van der Waals surface area contributed by atoms with E-state index in [2.05, 4.69) is 31.2 Å². The lowest BCUT2D eigenvalue weighted by Crippen LogP contribution is -2.35. The Bertz CT molecular complexity index is 2170. The zero-order valence-corrected chi connectivity index (χ0v) is 31.2. The SMILES string of the molecule is O=C1CC[C@@H](CNCc2ccc(-c3cccc(-c4cccc(Nc5nccc6sc(CNC7CCC(C(=O)O)CC7)nc56)c4Cl)c3Cl)nc2OC(F)F)N1. The second-order valence-electron chi connectivity index (χ2n) is 13.3. The molecule has 7 rings (SSSR count). The summed E-state index contributed by atoms with van der Waals surface area (Å²) in [7, 11) is 0. The van der Waals surface area contributed by atoms with Gasteiger partial charge in [-0.3, -0.25) is 9.59 Å². The number of carbonyl (C=O) groups excluding carboxylic acids is 1. The number of anilines is 2. The number of nitrogens with one attached hydrogen (secondary N) is 4. The average molecular weight is 797 g/mol. The number of ether oxygens (including phenoxy) is 1. The van der Waals surface area contributed by atoms with E-state index >= 15 is 0 Å². The Morgan fingerprint density at radius 3 is 2.46 bits per heavy atom. The average Bonchev–Trinajstić information content (AvgIpc) is 3.78. The van der Waals surface area contributed by atoms with Crippen molar-refractivity contribution < 1.29 is 28.2 Å². The minimum absolute atomic E-state index is 0.00231. The maximum atomic E-state index is 13.5. The van der Waals surface area contributed by atoms with Gasteiger partial charge in [0.15, 0.2) is 5.82 Å². The van der Waals surface area contributed by atoms with Crippen molar-refractivity contribution in [3.8, 4) is 28.3 Å². The predicted octanol–water partition coefficient (Wildman–Crippen LogP) is 8.17. The van der Waals surface area contributed by atoms with Crippen LogP contribution in [0, 0.1) is 5.92 Å². The van der Waals surface area contributed by atoms with Crippen LogP contribution in [0.3, 0.4) is 0 Å². The van der Waals surface area contributed by atoms with Gasteiger partial charge in [0.1, 0.15) is 10.5 Å². The quantitative estimate of drug-likeness (QED) is 0.0745. The normalized spacial score (nSPS) is 18.6. The third-order valence-corrected chi connectivity index (χ3v) is 11.6. The van der Waals surface area contributed by atoms with Gasteiger partial charge in [-0.15, -0.1) is 11.3 Å². The summed E-state index contributed by atoms with van der Waals surface area (Å²) in [5.41, 5.74) is 3.80. The summed E-state index contributed by atoms with van der Waals surface area (Å²) in [5, 5.41) is 23.8. The number of amides is 1. The Labute approximate surface area is 323 Å². The molecular formula is C38H37Cl2F2N7O4S. The molecule has 54 heavy (non-hydrogen) atoms. The summed E-state index contributed by atoms with van der Waals surface area (Å²) < 4.78 is 32.7. The number of pyridine rings is 2. The van der Waals surface area contributed by atoms with Crippen LogP contribution in [0.4, 0.5) is 20.3 Å². The molecule has 1 atom stereocenters. The number of thiazole rings is 1. The minimum atomic E-state index is -3.08. The van der Waals surface area contributed by atoms with Gasteiger partial charge in [0.2, 0.25) is 11.8 Å². The van der Waals surface area contributed by atoms with E-state index in [1.54, 1.807) is 41.8 Å². The predicted molar refractivity (Wildman–Crippen MR) is 206 cm³/mol. The molecule has 1 aliphatic heterocycles. The summed E-state index contributed by atoms with van der Waals surface area (Å²) in [4.78, 5) is 36.7. The van der Waals surface area contributed by atoms with E-state index in [-0.39, 0.29) is 36.3 Å². The van der Waals surface area contributed by atoms with Crippen LogP contribution < -0.4 is 26.0 Å². The summed E-state index contributed by atoms with van der Waals surface area (Å²) in [6, 6.07) is 16.4. The van der Waals surface area contributed by atoms with Crippen LogP contribution in [0.2, 0.25) is 10.0 Å². The Morgan fingerprint density at radius 2 is 1.72 bits per heavy atom. The number of nitrogens with zero attached hydrogens (tertiary/aromatic N) is 3. The first-order chi connectivity index (χ1) is 26.1. The fourth-order valence-electron chi connectivity index (χ4n) is 6.90. The molecule has 11 nitrogen and oxygen atoms in total. The second kappa shape index (κ2) is 16.9. The molecular weight excluding hydrogens is 759 g/mol. The van der Waals surface area contributed by atoms with Gasteiger partial charge >= 0.3 is 12.6 Å². The van der Waals surface area contributed by atoms with E-state index in [1.807, 2.05) is 30.3 Å².